The van der Waals surface area contributed by atoms with E-state index in [-0.39, 0.29) is 0 Å². The molecule has 1 saturated carbocycles. The van der Waals surface area contributed by atoms with Crippen LogP contribution in [-0.4, -0.2) is 23.6 Å². The van der Waals surface area contributed by atoms with E-state index in [0.717, 1.165) is 24.2 Å². The van der Waals surface area contributed by atoms with E-state index in [2.05, 4.69) is 27.5 Å². The van der Waals surface area contributed by atoms with Crippen LogP contribution in [0.5, 0.6) is 0 Å². The Labute approximate surface area is 114 Å². The molecule has 1 fully saturated rings. The van der Waals surface area contributed by atoms with Crippen LogP contribution in [0.15, 0.2) is 6.20 Å². The minimum atomic E-state index is 0.582. The van der Waals surface area contributed by atoms with Crippen molar-refractivity contribution in [1.29, 1.82) is 0 Å². The Morgan fingerprint density at radius 3 is 2.72 bits per heavy atom. The van der Waals surface area contributed by atoms with Gasteiger partial charge in [-0.15, -0.1) is 0 Å². The van der Waals surface area contributed by atoms with Crippen molar-refractivity contribution in [2.24, 2.45) is 11.8 Å². The normalized spacial score (nSPS) is 23.7. The fourth-order valence-corrected chi connectivity index (χ4v) is 2.54. The first-order valence-electron chi connectivity index (χ1n) is 6.63. The molecular formula is C13H21ClN4. The molecule has 1 aromatic heterocycles. The SMILES string of the molecule is CNc1ncc(Cl)c(NCC2CCC(C)CC2)n1. The summed E-state index contributed by atoms with van der Waals surface area (Å²) in [5.41, 5.74) is 0. The Bertz CT molecular complexity index is 389. The molecule has 4 nitrogen and oxygen atoms in total. The minimum Gasteiger partial charge on any atom is -0.368 e. The standard InChI is InChI=1S/C13H21ClN4/c1-9-3-5-10(6-4-9)7-16-12-11(14)8-17-13(15-2)18-12/h8-10H,3-7H2,1-2H3,(H2,15,16,17,18). The summed E-state index contributed by atoms with van der Waals surface area (Å²) < 4.78 is 0. The molecule has 5 heteroatoms. The molecular weight excluding hydrogens is 248 g/mol. The molecule has 2 rings (SSSR count). The zero-order chi connectivity index (χ0) is 13.0. The molecule has 0 aliphatic heterocycles. The second-order valence-corrected chi connectivity index (χ2v) is 5.55. The monoisotopic (exact) mass is 268 g/mol. The van der Waals surface area contributed by atoms with Crippen LogP contribution in [0.4, 0.5) is 11.8 Å². The van der Waals surface area contributed by atoms with Gasteiger partial charge in [0.05, 0.1) is 6.20 Å². The molecule has 0 spiro atoms. The summed E-state index contributed by atoms with van der Waals surface area (Å²) >= 11 is 6.08. The maximum absolute atomic E-state index is 6.08. The maximum atomic E-state index is 6.08. The topological polar surface area (TPSA) is 49.8 Å². The van der Waals surface area contributed by atoms with Crippen LogP contribution in [0.2, 0.25) is 5.02 Å². The van der Waals surface area contributed by atoms with Gasteiger partial charge in [-0.1, -0.05) is 31.4 Å². The highest BCUT2D eigenvalue weighted by Gasteiger charge is 2.18. The first kappa shape index (κ1) is 13.4. The lowest BCUT2D eigenvalue weighted by Gasteiger charge is -2.26. The summed E-state index contributed by atoms with van der Waals surface area (Å²) in [6, 6.07) is 0. The van der Waals surface area contributed by atoms with Crippen LogP contribution in [0.3, 0.4) is 0 Å². The molecule has 1 heterocycles. The smallest absolute Gasteiger partial charge is 0.224 e. The molecule has 2 N–H and O–H groups in total. The number of halogens is 1. The van der Waals surface area contributed by atoms with Crippen molar-refractivity contribution in [3.8, 4) is 0 Å². The van der Waals surface area contributed by atoms with Crippen molar-refractivity contribution in [3.63, 3.8) is 0 Å². The van der Waals surface area contributed by atoms with Gasteiger partial charge >= 0.3 is 0 Å². The zero-order valence-corrected chi connectivity index (χ0v) is 11.8. The molecule has 1 aliphatic rings. The summed E-state index contributed by atoms with van der Waals surface area (Å²) in [6.07, 6.45) is 6.91. The van der Waals surface area contributed by atoms with E-state index >= 15 is 0 Å². The van der Waals surface area contributed by atoms with Crippen molar-refractivity contribution < 1.29 is 0 Å². The number of nitrogens with one attached hydrogen (secondary N) is 2. The van der Waals surface area contributed by atoms with Crippen LogP contribution in [0.25, 0.3) is 0 Å². The maximum Gasteiger partial charge on any atom is 0.224 e. The van der Waals surface area contributed by atoms with Crippen molar-refractivity contribution in [3.05, 3.63) is 11.2 Å². The van der Waals surface area contributed by atoms with Gasteiger partial charge in [0.15, 0.2) is 0 Å². The van der Waals surface area contributed by atoms with Crippen molar-refractivity contribution >= 4 is 23.4 Å². The average Bonchev–Trinajstić information content (AvgIpc) is 2.40. The lowest BCUT2D eigenvalue weighted by atomic mass is 9.83. The van der Waals surface area contributed by atoms with E-state index in [0.29, 0.717) is 11.0 Å². The predicted molar refractivity (Wildman–Crippen MR) is 76.2 cm³/mol. The number of hydrogen-bond donors (Lipinski definition) is 2. The Morgan fingerprint density at radius 2 is 2.06 bits per heavy atom. The Morgan fingerprint density at radius 1 is 1.33 bits per heavy atom. The highest BCUT2D eigenvalue weighted by atomic mass is 35.5. The highest BCUT2D eigenvalue weighted by Crippen LogP contribution is 2.29. The van der Waals surface area contributed by atoms with Crippen LogP contribution in [0, 0.1) is 11.8 Å². The van der Waals surface area contributed by atoms with E-state index in [9.17, 15) is 0 Å². The van der Waals surface area contributed by atoms with E-state index in [4.69, 9.17) is 11.6 Å². The quantitative estimate of drug-likeness (QED) is 0.879. The van der Waals surface area contributed by atoms with Crippen molar-refractivity contribution in [2.75, 3.05) is 24.2 Å². The minimum absolute atomic E-state index is 0.582. The third-order valence-electron chi connectivity index (χ3n) is 3.66. The Balaban J connectivity index is 1.89. The Kier molecular flexibility index (Phi) is 4.64. The Hall–Kier alpha value is -1.03. The largest absolute Gasteiger partial charge is 0.368 e. The molecule has 0 unspecified atom stereocenters. The summed E-state index contributed by atoms with van der Waals surface area (Å²) in [7, 11) is 1.80. The van der Waals surface area contributed by atoms with Gasteiger partial charge in [-0.05, 0) is 24.7 Å². The fourth-order valence-electron chi connectivity index (χ4n) is 2.39. The molecule has 0 saturated heterocycles. The lowest BCUT2D eigenvalue weighted by molar-refractivity contribution is 0.300. The number of hydrogen-bond acceptors (Lipinski definition) is 4. The summed E-state index contributed by atoms with van der Waals surface area (Å²) in [6.45, 7) is 3.29. The van der Waals surface area contributed by atoms with Gasteiger partial charge in [0, 0.05) is 13.6 Å². The van der Waals surface area contributed by atoms with Crippen LogP contribution >= 0.6 is 11.6 Å². The molecule has 18 heavy (non-hydrogen) atoms. The predicted octanol–water partition coefficient (Wildman–Crippen LogP) is 3.41. The van der Waals surface area contributed by atoms with Crippen molar-refractivity contribution in [1.82, 2.24) is 9.97 Å². The molecule has 100 valence electrons. The van der Waals surface area contributed by atoms with E-state index in [1.165, 1.54) is 25.7 Å². The third-order valence-corrected chi connectivity index (χ3v) is 3.94. The van der Waals surface area contributed by atoms with E-state index < -0.39 is 0 Å². The average molecular weight is 269 g/mol. The van der Waals surface area contributed by atoms with Gasteiger partial charge < -0.3 is 10.6 Å². The molecule has 0 radical (unpaired) electrons. The molecule has 0 bridgehead atoms. The van der Waals surface area contributed by atoms with Gasteiger partial charge in [-0.2, -0.15) is 4.98 Å². The first-order chi connectivity index (χ1) is 8.69. The molecule has 0 atom stereocenters. The molecule has 0 aromatic carbocycles. The van der Waals surface area contributed by atoms with Gasteiger partial charge in [-0.25, -0.2) is 4.98 Å². The third kappa shape index (κ3) is 3.48. The van der Waals surface area contributed by atoms with Crippen LogP contribution in [0.1, 0.15) is 32.6 Å². The number of aromatic nitrogens is 2. The lowest BCUT2D eigenvalue weighted by Crippen LogP contribution is -2.20. The molecule has 1 aliphatic carbocycles. The van der Waals surface area contributed by atoms with E-state index in [1.807, 2.05) is 0 Å². The van der Waals surface area contributed by atoms with Gasteiger partial charge in [0.25, 0.3) is 0 Å². The second kappa shape index (κ2) is 6.23. The van der Waals surface area contributed by atoms with E-state index in [1.54, 1.807) is 13.2 Å². The fraction of sp³-hybridized carbons (Fsp3) is 0.692. The molecule has 0 amide bonds. The van der Waals surface area contributed by atoms with Crippen molar-refractivity contribution in [2.45, 2.75) is 32.6 Å². The summed E-state index contributed by atoms with van der Waals surface area (Å²) in [4.78, 5) is 8.39. The second-order valence-electron chi connectivity index (χ2n) is 5.15. The highest BCUT2D eigenvalue weighted by molar-refractivity contribution is 6.32. The van der Waals surface area contributed by atoms with Crippen LogP contribution < -0.4 is 10.6 Å². The van der Waals surface area contributed by atoms with Gasteiger partial charge in [-0.3, -0.25) is 0 Å². The zero-order valence-electron chi connectivity index (χ0n) is 11.0. The first-order valence-corrected chi connectivity index (χ1v) is 7.01. The van der Waals surface area contributed by atoms with Gasteiger partial charge in [0.1, 0.15) is 10.8 Å². The number of nitrogens with zero attached hydrogens (tertiary/aromatic N) is 2. The summed E-state index contributed by atoms with van der Waals surface area (Å²) in [5, 5.41) is 6.85. The van der Waals surface area contributed by atoms with Crippen LogP contribution in [-0.2, 0) is 0 Å². The molecule has 1 aromatic rings. The van der Waals surface area contributed by atoms with Gasteiger partial charge in [0.2, 0.25) is 5.95 Å². The number of anilines is 2. The summed E-state index contributed by atoms with van der Waals surface area (Å²) in [5.74, 6) is 2.96. The number of rotatable bonds is 4.